The SMILES string of the molecule is CC(C)C[C@H](NC(=O)[C@@H]1CCCN1C(=O)[C@@H](NC(=O)[C@@H]1CCCN1C(=O)[C@@H](N)CCC(=O)O)C(C)C)C(=O)N[C@H](C(=O)N[C@@H](CCCCN)C(=O)N[C@@H](CCC(N)=O)C(=O)N[C@@H](CCC(=O)O)C(=O)O)C(C)C. The Morgan fingerprint density at radius 1 is 0.534 bits per heavy atom. The zero-order valence-electron chi connectivity index (χ0n) is 42.8. The topological polar surface area (TPSA) is 422 Å². The maximum atomic E-state index is 14.2. The van der Waals surface area contributed by atoms with E-state index in [-0.39, 0.29) is 70.5 Å². The van der Waals surface area contributed by atoms with Crippen LogP contribution in [-0.2, 0) is 57.5 Å². The van der Waals surface area contributed by atoms with E-state index >= 15 is 0 Å². The number of likely N-dealkylation sites (tertiary alicyclic amines) is 2. The van der Waals surface area contributed by atoms with Crippen molar-refractivity contribution in [1.82, 2.24) is 41.7 Å². The molecule has 0 aromatic carbocycles. The van der Waals surface area contributed by atoms with Gasteiger partial charge in [-0.3, -0.25) is 52.7 Å². The highest BCUT2D eigenvalue weighted by Crippen LogP contribution is 2.24. The number of carboxylic acids is 3. The quantitative estimate of drug-likeness (QED) is 0.0317. The molecule has 412 valence electrons. The average molecular weight is 1040 g/mol. The van der Waals surface area contributed by atoms with Crippen LogP contribution in [0.1, 0.15) is 131 Å². The molecule has 0 aromatic rings. The number of hydrogen-bond donors (Lipinski definition) is 12. The Morgan fingerprint density at radius 2 is 1.00 bits per heavy atom. The first-order valence-electron chi connectivity index (χ1n) is 25.0. The first kappa shape index (κ1) is 62.7. The van der Waals surface area contributed by atoms with Gasteiger partial charge in [0.1, 0.15) is 48.3 Å². The number of carbonyl (C=O) groups is 12. The van der Waals surface area contributed by atoms with Crippen molar-refractivity contribution in [2.24, 2.45) is 35.0 Å². The number of unbranched alkanes of at least 4 members (excludes halogenated alkanes) is 1. The third-order valence-electron chi connectivity index (χ3n) is 12.6. The molecule has 9 atom stereocenters. The molecular weight excluding hydrogens is 959 g/mol. The molecule has 2 heterocycles. The summed E-state index contributed by atoms with van der Waals surface area (Å²) in [5, 5.41) is 43.2. The van der Waals surface area contributed by atoms with Crippen molar-refractivity contribution in [3.63, 3.8) is 0 Å². The lowest BCUT2D eigenvalue weighted by Crippen LogP contribution is -2.61. The van der Waals surface area contributed by atoms with Gasteiger partial charge in [-0.25, -0.2) is 4.79 Å². The van der Waals surface area contributed by atoms with Gasteiger partial charge in [-0.15, -0.1) is 0 Å². The number of nitrogens with zero attached hydrogens (tertiary/aromatic N) is 2. The molecule has 0 spiro atoms. The van der Waals surface area contributed by atoms with Gasteiger partial charge < -0.3 is 74.2 Å². The van der Waals surface area contributed by atoms with Crippen LogP contribution in [0.3, 0.4) is 0 Å². The minimum Gasteiger partial charge on any atom is -0.481 e. The van der Waals surface area contributed by atoms with Crippen molar-refractivity contribution < 1.29 is 72.9 Å². The van der Waals surface area contributed by atoms with Crippen LogP contribution in [0, 0.1) is 17.8 Å². The van der Waals surface area contributed by atoms with Crippen LogP contribution in [0.25, 0.3) is 0 Å². The van der Waals surface area contributed by atoms with E-state index in [1.54, 1.807) is 27.7 Å². The first-order valence-corrected chi connectivity index (χ1v) is 25.0. The van der Waals surface area contributed by atoms with Crippen LogP contribution in [0.15, 0.2) is 0 Å². The fourth-order valence-electron chi connectivity index (χ4n) is 8.57. The Kier molecular flexibility index (Phi) is 26.2. The predicted octanol–water partition coefficient (Wildman–Crippen LogP) is -2.23. The molecule has 26 nitrogen and oxygen atoms in total. The van der Waals surface area contributed by atoms with Gasteiger partial charge in [-0.05, 0) is 94.9 Å². The maximum Gasteiger partial charge on any atom is 0.326 e. The fourth-order valence-corrected chi connectivity index (χ4v) is 8.57. The number of nitrogens with one attached hydrogen (secondary N) is 6. The highest BCUT2D eigenvalue weighted by atomic mass is 16.4. The fraction of sp³-hybridized carbons (Fsp3) is 0.745. The molecule has 0 saturated carbocycles. The number of amides is 9. The van der Waals surface area contributed by atoms with E-state index < -0.39 is 157 Å². The van der Waals surface area contributed by atoms with E-state index in [1.807, 2.05) is 13.8 Å². The van der Waals surface area contributed by atoms with Crippen LogP contribution in [0.2, 0.25) is 0 Å². The summed E-state index contributed by atoms with van der Waals surface area (Å²) in [6.07, 6.45) is -0.107. The third kappa shape index (κ3) is 20.5. The number of hydrogen-bond acceptors (Lipinski definition) is 14. The minimum absolute atomic E-state index is 0.0123. The molecule has 15 N–H and O–H groups in total. The Morgan fingerprint density at radius 3 is 1.49 bits per heavy atom. The number of primary amides is 1. The largest absolute Gasteiger partial charge is 0.481 e. The lowest BCUT2D eigenvalue weighted by molar-refractivity contribution is -0.145. The molecule has 0 unspecified atom stereocenters. The molecular formula is C47H79N11O15. The smallest absolute Gasteiger partial charge is 0.326 e. The van der Waals surface area contributed by atoms with Crippen molar-refractivity contribution in [3.05, 3.63) is 0 Å². The highest BCUT2D eigenvalue weighted by Gasteiger charge is 2.43. The van der Waals surface area contributed by atoms with Gasteiger partial charge in [0.2, 0.25) is 53.2 Å². The van der Waals surface area contributed by atoms with Crippen LogP contribution >= 0.6 is 0 Å². The predicted molar refractivity (Wildman–Crippen MR) is 261 cm³/mol. The average Bonchev–Trinajstić information content (AvgIpc) is 4.01. The van der Waals surface area contributed by atoms with E-state index in [0.29, 0.717) is 25.7 Å². The molecule has 0 radical (unpaired) electrons. The van der Waals surface area contributed by atoms with Gasteiger partial charge in [-0.2, -0.15) is 0 Å². The Balaban J connectivity index is 2.30. The molecule has 0 bridgehead atoms. The second-order valence-electron chi connectivity index (χ2n) is 19.8. The summed E-state index contributed by atoms with van der Waals surface area (Å²) in [5.41, 5.74) is 17.0. The zero-order valence-corrected chi connectivity index (χ0v) is 42.8. The van der Waals surface area contributed by atoms with E-state index in [9.17, 15) is 62.6 Å². The summed E-state index contributed by atoms with van der Waals surface area (Å²) in [4.78, 5) is 159. The molecule has 2 aliphatic rings. The Labute approximate surface area is 425 Å². The molecule has 2 rings (SSSR count). The maximum absolute atomic E-state index is 14.2. The van der Waals surface area contributed by atoms with Crippen LogP contribution in [0.4, 0.5) is 0 Å². The van der Waals surface area contributed by atoms with Crippen LogP contribution in [-0.4, -0.2) is 170 Å². The summed E-state index contributed by atoms with van der Waals surface area (Å²) in [6.45, 7) is 10.9. The summed E-state index contributed by atoms with van der Waals surface area (Å²) in [5.74, 6) is -12.0. The molecule has 73 heavy (non-hydrogen) atoms. The van der Waals surface area contributed by atoms with Crippen molar-refractivity contribution >= 4 is 71.1 Å². The van der Waals surface area contributed by atoms with Gasteiger partial charge in [-0.1, -0.05) is 41.5 Å². The Bertz CT molecular complexity index is 1980. The standard InChI is InChI=1S/C47H79N11O15/c1-24(2)23-31(54-42(67)32-12-10-22-58(32)46(71)38(26(5)6)56-43(68)33-13-9-21-57(33)45(70)27(49)14-18-35(60)61)41(66)55-37(25(3)4)44(69)52-28(11-7-8-20-48)39(64)51-29(15-17-34(50)59)40(65)53-30(47(72)73)16-19-36(62)63/h24-33,37-38H,7-23,48-49H2,1-6H3,(H2,50,59)(H,51,64)(H,52,69)(H,53,65)(H,54,67)(H,55,66)(H,56,68)(H,60,61)(H,62,63)(H,72,73)/t27-,28-,29-,30-,31-,32-,33-,37-,38-/m0/s1. The lowest BCUT2D eigenvalue weighted by Gasteiger charge is -2.33. The van der Waals surface area contributed by atoms with E-state index in [1.165, 1.54) is 9.80 Å². The molecule has 2 fully saturated rings. The summed E-state index contributed by atoms with van der Waals surface area (Å²) in [7, 11) is 0. The Hall–Kier alpha value is -6.44. The molecule has 9 amide bonds. The third-order valence-corrected chi connectivity index (χ3v) is 12.6. The van der Waals surface area contributed by atoms with Gasteiger partial charge in [0.25, 0.3) is 0 Å². The molecule has 26 heteroatoms. The number of carbonyl (C=O) groups excluding carboxylic acids is 9. The van der Waals surface area contributed by atoms with Crippen LogP contribution < -0.4 is 49.1 Å². The zero-order chi connectivity index (χ0) is 55.3. The number of rotatable bonds is 32. The minimum atomic E-state index is -1.66. The molecule has 0 aromatic heterocycles. The lowest BCUT2D eigenvalue weighted by atomic mass is 9.98. The highest BCUT2D eigenvalue weighted by molar-refractivity contribution is 5.98. The van der Waals surface area contributed by atoms with Gasteiger partial charge >= 0.3 is 17.9 Å². The normalized spacial score (nSPS) is 18.4. The first-order chi connectivity index (χ1) is 34.2. The number of carboxylic acid groups (broad SMARTS) is 3. The van der Waals surface area contributed by atoms with Crippen molar-refractivity contribution in [2.45, 2.75) is 186 Å². The van der Waals surface area contributed by atoms with Gasteiger partial charge in [0.05, 0.1) is 6.04 Å². The second kappa shape index (κ2) is 30.6. The number of aliphatic carboxylic acids is 3. The summed E-state index contributed by atoms with van der Waals surface area (Å²) < 4.78 is 0. The second-order valence-corrected chi connectivity index (χ2v) is 19.8. The monoisotopic (exact) mass is 1040 g/mol. The number of nitrogens with two attached hydrogens (primary N) is 3. The van der Waals surface area contributed by atoms with E-state index in [0.717, 1.165) is 0 Å². The van der Waals surface area contributed by atoms with Gasteiger partial charge in [0, 0.05) is 32.4 Å². The molecule has 2 aliphatic heterocycles. The van der Waals surface area contributed by atoms with Crippen molar-refractivity contribution in [1.29, 1.82) is 0 Å². The van der Waals surface area contributed by atoms with Crippen molar-refractivity contribution in [2.75, 3.05) is 19.6 Å². The molecule has 2 saturated heterocycles. The summed E-state index contributed by atoms with van der Waals surface area (Å²) >= 11 is 0. The van der Waals surface area contributed by atoms with E-state index in [2.05, 4.69) is 31.9 Å². The van der Waals surface area contributed by atoms with Crippen LogP contribution in [0.5, 0.6) is 0 Å². The van der Waals surface area contributed by atoms with E-state index in [4.69, 9.17) is 27.4 Å². The summed E-state index contributed by atoms with van der Waals surface area (Å²) in [6, 6.07) is -11.3. The van der Waals surface area contributed by atoms with Crippen molar-refractivity contribution in [3.8, 4) is 0 Å². The molecule has 0 aliphatic carbocycles. The van der Waals surface area contributed by atoms with Gasteiger partial charge in [0.15, 0.2) is 0 Å².